The van der Waals surface area contributed by atoms with Gasteiger partial charge in [0.25, 0.3) is 0 Å². The van der Waals surface area contributed by atoms with Crippen molar-refractivity contribution in [2.75, 3.05) is 13.1 Å². The van der Waals surface area contributed by atoms with E-state index in [0.29, 0.717) is 25.0 Å². The van der Waals surface area contributed by atoms with E-state index in [1.807, 2.05) is 92.3 Å². The van der Waals surface area contributed by atoms with Crippen LogP contribution in [0, 0.1) is 6.92 Å². The highest BCUT2D eigenvalue weighted by molar-refractivity contribution is 8.03. The summed E-state index contributed by atoms with van der Waals surface area (Å²) in [6.45, 7) is 19.6. The third-order valence-corrected chi connectivity index (χ3v) is 8.27. The lowest BCUT2D eigenvalue weighted by molar-refractivity contribution is 0.676. The van der Waals surface area contributed by atoms with Gasteiger partial charge in [-0.1, -0.05) is 127 Å². The van der Waals surface area contributed by atoms with Crippen molar-refractivity contribution in [3.63, 3.8) is 0 Å². The van der Waals surface area contributed by atoms with Crippen LogP contribution in [0.25, 0.3) is 5.57 Å². The standard InChI is InChI=1S/C39H42BN3S/c1-7-30(3)26-34-29-41-22-16-13-19-25-44-39(43-24-18-11-9-10-17-23-42-37(8-2)33(34)6)21-15-12-14-20-32(5)38-35(39)27-31(4)28-36(38)40/h7-16,18-20,22,24-28H,1-2,5,17,21,23,29H2,3-4,6H3/b10-9+,15-12-,16-13-,18-11-,20-14-,25-19+,30-26-,34-33-,41-22?,42-37?,43-24?. The van der Waals surface area contributed by atoms with Crippen LogP contribution in [0.3, 0.4) is 0 Å². The smallest absolute Gasteiger partial charge is 0.139 e. The van der Waals surface area contributed by atoms with Gasteiger partial charge in [-0.25, -0.2) is 0 Å². The number of thioether (sulfide) groups is 1. The van der Waals surface area contributed by atoms with Gasteiger partial charge in [-0.05, 0) is 78.7 Å². The molecule has 1 atom stereocenters. The Hall–Kier alpha value is -4.22. The number of allylic oxidation sites excluding steroid dienone is 14. The third kappa shape index (κ3) is 9.92. The monoisotopic (exact) mass is 595 g/mol. The summed E-state index contributed by atoms with van der Waals surface area (Å²) in [4.78, 5) is 14.0. The van der Waals surface area contributed by atoms with Crippen molar-refractivity contribution >= 4 is 48.8 Å². The highest BCUT2D eigenvalue weighted by Crippen LogP contribution is 2.45. The molecule has 5 heteroatoms. The molecule has 1 spiro atoms. The average molecular weight is 596 g/mol. The Bertz CT molecular complexity index is 1570. The van der Waals surface area contributed by atoms with Crippen LogP contribution in [0.4, 0.5) is 0 Å². The van der Waals surface area contributed by atoms with E-state index in [2.05, 4.69) is 68.3 Å². The van der Waals surface area contributed by atoms with Crippen LogP contribution in [-0.4, -0.2) is 39.1 Å². The molecule has 0 N–H and O–H groups in total. The predicted octanol–water partition coefficient (Wildman–Crippen LogP) is 9.01. The minimum Gasteiger partial charge on any atom is -0.288 e. The summed E-state index contributed by atoms with van der Waals surface area (Å²) in [5.74, 6) is 0. The summed E-state index contributed by atoms with van der Waals surface area (Å²) >= 11 is 1.65. The summed E-state index contributed by atoms with van der Waals surface area (Å²) in [5.41, 5.74) is 8.73. The summed E-state index contributed by atoms with van der Waals surface area (Å²) in [6.07, 6.45) is 33.2. The second kappa shape index (κ2) is 17.8. The van der Waals surface area contributed by atoms with Gasteiger partial charge in [-0.15, -0.1) is 0 Å². The number of hydrogen-bond acceptors (Lipinski definition) is 4. The number of nitrogens with zero attached hydrogens (tertiary/aromatic N) is 3. The average Bonchev–Trinajstić information content (AvgIpc) is 3.06. The van der Waals surface area contributed by atoms with Gasteiger partial charge < -0.3 is 0 Å². The van der Waals surface area contributed by atoms with E-state index in [-0.39, 0.29) is 0 Å². The Balaban J connectivity index is 2.07. The molecule has 2 aliphatic rings. The van der Waals surface area contributed by atoms with E-state index < -0.39 is 4.87 Å². The number of fused-ring (bicyclic) bond motifs is 2. The first-order valence-electron chi connectivity index (χ1n) is 14.8. The van der Waals surface area contributed by atoms with E-state index in [1.165, 1.54) is 0 Å². The fourth-order valence-electron chi connectivity index (χ4n) is 4.76. The van der Waals surface area contributed by atoms with Crippen LogP contribution in [0.1, 0.15) is 43.4 Å². The van der Waals surface area contributed by atoms with Crippen LogP contribution < -0.4 is 5.46 Å². The molecule has 1 aliphatic carbocycles. The summed E-state index contributed by atoms with van der Waals surface area (Å²) < 4.78 is 0. The summed E-state index contributed by atoms with van der Waals surface area (Å²) in [6, 6.07) is 4.18. The number of benzene rings is 1. The second-order valence-corrected chi connectivity index (χ2v) is 11.7. The number of aryl methyl sites for hydroxylation is 1. The summed E-state index contributed by atoms with van der Waals surface area (Å²) in [7, 11) is 6.60. The zero-order valence-corrected chi connectivity index (χ0v) is 27.1. The maximum absolute atomic E-state index is 6.60. The lowest BCUT2D eigenvalue weighted by Gasteiger charge is -2.31. The van der Waals surface area contributed by atoms with Crippen molar-refractivity contribution in [2.24, 2.45) is 15.0 Å². The maximum Gasteiger partial charge on any atom is 0.139 e. The topological polar surface area (TPSA) is 37.1 Å². The van der Waals surface area contributed by atoms with Crippen LogP contribution >= 0.6 is 11.8 Å². The SMILES string of the molecule is [B]c1cc(C)cc2c1C(=C)/C=C\C=C/CC21N=C/C=C\C=C\CCN=C(C=C)/C(C)=C(/C=C(/C)C=C)CN=C/C=C\C=C\S1. The molecule has 1 heterocycles. The fraction of sp³-hybridized carbons (Fsp3) is 0.205. The minimum absolute atomic E-state index is 0.525. The molecular weight excluding hydrogens is 553 g/mol. The first-order chi connectivity index (χ1) is 21.3. The molecular formula is C39H42BN3S. The van der Waals surface area contributed by atoms with Gasteiger partial charge >= 0.3 is 0 Å². The Kier molecular flexibility index (Phi) is 13.9. The van der Waals surface area contributed by atoms with E-state index >= 15 is 0 Å². The van der Waals surface area contributed by atoms with Gasteiger partial charge in [0.1, 0.15) is 12.7 Å². The van der Waals surface area contributed by atoms with E-state index in [4.69, 9.17) is 17.8 Å². The fourth-order valence-corrected chi connectivity index (χ4v) is 5.75. The van der Waals surface area contributed by atoms with Crippen LogP contribution in [0.5, 0.6) is 0 Å². The molecule has 44 heavy (non-hydrogen) atoms. The van der Waals surface area contributed by atoms with E-state index in [0.717, 1.165) is 51.1 Å². The van der Waals surface area contributed by atoms with Crippen molar-refractivity contribution in [3.05, 3.63) is 156 Å². The maximum atomic E-state index is 6.60. The number of hydrogen-bond donors (Lipinski definition) is 0. The van der Waals surface area contributed by atoms with Gasteiger partial charge in [0, 0.05) is 25.4 Å². The van der Waals surface area contributed by atoms with Crippen molar-refractivity contribution < 1.29 is 0 Å². The van der Waals surface area contributed by atoms with Gasteiger partial charge in [0.2, 0.25) is 0 Å². The Labute approximate surface area is 270 Å². The highest BCUT2D eigenvalue weighted by atomic mass is 32.2. The lowest BCUT2D eigenvalue weighted by Crippen LogP contribution is -2.25. The number of rotatable bonds is 3. The van der Waals surface area contributed by atoms with Gasteiger partial charge in [-0.2, -0.15) is 0 Å². The lowest BCUT2D eigenvalue weighted by atomic mass is 9.80. The first-order valence-corrected chi connectivity index (χ1v) is 15.7. The number of aliphatic imine (C=N–C) groups is 3. The minimum atomic E-state index is -0.644. The van der Waals surface area contributed by atoms with E-state index in [9.17, 15) is 0 Å². The molecule has 1 unspecified atom stereocenters. The molecule has 0 bridgehead atoms. The molecule has 0 saturated heterocycles. The van der Waals surface area contributed by atoms with Gasteiger partial charge in [-0.3, -0.25) is 15.0 Å². The molecule has 1 aliphatic heterocycles. The molecule has 0 amide bonds. The quantitative estimate of drug-likeness (QED) is 0.254. The van der Waals surface area contributed by atoms with Crippen molar-refractivity contribution in [2.45, 2.75) is 38.5 Å². The summed E-state index contributed by atoms with van der Waals surface area (Å²) in [5, 5.41) is 2.08. The van der Waals surface area contributed by atoms with Crippen LogP contribution in [-0.2, 0) is 4.87 Å². The molecule has 222 valence electrons. The van der Waals surface area contributed by atoms with Crippen LogP contribution in [0.15, 0.2) is 154 Å². The highest BCUT2D eigenvalue weighted by Gasteiger charge is 2.33. The van der Waals surface area contributed by atoms with Crippen molar-refractivity contribution in [3.8, 4) is 0 Å². The molecule has 0 saturated carbocycles. The molecule has 1 aromatic carbocycles. The molecule has 0 fully saturated rings. The third-order valence-electron chi connectivity index (χ3n) is 7.10. The van der Waals surface area contributed by atoms with Crippen LogP contribution in [0.2, 0.25) is 0 Å². The Morgan fingerprint density at radius 1 is 0.977 bits per heavy atom. The van der Waals surface area contributed by atoms with E-state index in [1.54, 1.807) is 11.8 Å². The Morgan fingerprint density at radius 2 is 1.75 bits per heavy atom. The molecule has 1 aromatic rings. The predicted molar refractivity (Wildman–Crippen MR) is 200 cm³/mol. The second-order valence-electron chi connectivity index (χ2n) is 10.5. The normalized spacial score (nSPS) is 26.5. The zero-order chi connectivity index (χ0) is 31.8. The van der Waals surface area contributed by atoms with Gasteiger partial charge in [0.15, 0.2) is 0 Å². The first kappa shape index (κ1) is 34.3. The van der Waals surface area contributed by atoms with Crippen molar-refractivity contribution in [1.29, 1.82) is 0 Å². The molecule has 0 aromatic heterocycles. The van der Waals surface area contributed by atoms with Gasteiger partial charge in [0.05, 0.1) is 12.3 Å². The largest absolute Gasteiger partial charge is 0.288 e. The zero-order valence-electron chi connectivity index (χ0n) is 26.2. The molecule has 3 rings (SSSR count). The molecule has 3 nitrogen and oxygen atoms in total. The molecule has 2 radical (unpaired) electrons. The Morgan fingerprint density at radius 3 is 2.55 bits per heavy atom. The van der Waals surface area contributed by atoms with Crippen molar-refractivity contribution in [1.82, 2.24) is 0 Å².